The number of ether oxygens (including phenoxy) is 1. The van der Waals surface area contributed by atoms with E-state index in [2.05, 4.69) is 44.9 Å². The van der Waals surface area contributed by atoms with Crippen molar-refractivity contribution in [3.63, 3.8) is 0 Å². The number of aryl methyl sites for hydroxylation is 1. The lowest BCUT2D eigenvalue weighted by atomic mass is 9.92. The number of carbonyl (C=O) groups is 2. The van der Waals surface area contributed by atoms with Crippen LogP contribution >= 0.6 is 0 Å². The SMILES string of the molecule is CCc1c(NC[C@H](CC(=O)NCc2ccccc2)C(=O)OC(C)(C)C)ncnc1N1CCC(c2ccc3c(n2)NCCC3)CC1. The number of carbonyl (C=O) groups excluding carboxylic acids is 2. The molecule has 1 amide bonds. The van der Waals surface area contributed by atoms with E-state index in [1.807, 2.05) is 51.1 Å². The molecule has 45 heavy (non-hydrogen) atoms. The summed E-state index contributed by atoms with van der Waals surface area (Å²) in [5, 5.41) is 9.78. The third-order valence-electron chi connectivity index (χ3n) is 8.42. The molecular weight excluding hydrogens is 566 g/mol. The molecule has 3 N–H and O–H groups in total. The van der Waals surface area contributed by atoms with Gasteiger partial charge in [-0.25, -0.2) is 15.0 Å². The fourth-order valence-corrected chi connectivity index (χ4v) is 6.05. The molecule has 1 fully saturated rings. The molecule has 10 heteroatoms. The van der Waals surface area contributed by atoms with Crippen LogP contribution in [0.15, 0.2) is 48.8 Å². The van der Waals surface area contributed by atoms with Gasteiger partial charge in [0.15, 0.2) is 0 Å². The number of pyridine rings is 1. The maximum atomic E-state index is 13.2. The summed E-state index contributed by atoms with van der Waals surface area (Å²) in [5.74, 6) is 1.78. The average Bonchev–Trinajstić information content (AvgIpc) is 3.05. The summed E-state index contributed by atoms with van der Waals surface area (Å²) in [6.07, 6.45) is 6.57. The summed E-state index contributed by atoms with van der Waals surface area (Å²) in [6, 6.07) is 14.2. The zero-order valence-corrected chi connectivity index (χ0v) is 27.1. The minimum Gasteiger partial charge on any atom is -0.460 e. The summed E-state index contributed by atoms with van der Waals surface area (Å²) >= 11 is 0. The fraction of sp³-hybridized carbons (Fsp3) is 0.514. The van der Waals surface area contributed by atoms with Crippen LogP contribution in [-0.4, -0.2) is 58.6 Å². The van der Waals surface area contributed by atoms with Crippen molar-refractivity contribution < 1.29 is 14.3 Å². The van der Waals surface area contributed by atoms with Crippen LogP contribution in [0, 0.1) is 5.92 Å². The monoisotopic (exact) mass is 613 g/mol. The number of nitrogens with one attached hydrogen (secondary N) is 3. The van der Waals surface area contributed by atoms with E-state index in [1.54, 1.807) is 6.33 Å². The quantitative estimate of drug-likeness (QED) is 0.249. The van der Waals surface area contributed by atoms with Crippen LogP contribution in [0.25, 0.3) is 0 Å². The number of hydrogen-bond donors (Lipinski definition) is 3. The zero-order valence-electron chi connectivity index (χ0n) is 27.1. The van der Waals surface area contributed by atoms with E-state index >= 15 is 0 Å². The molecule has 2 aromatic heterocycles. The number of aromatic nitrogens is 3. The van der Waals surface area contributed by atoms with Crippen molar-refractivity contribution in [3.05, 3.63) is 71.2 Å². The topological polar surface area (TPSA) is 121 Å². The van der Waals surface area contributed by atoms with Crippen molar-refractivity contribution in [1.82, 2.24) is 20.3 Å². The molecule has 5 rings (SSSR count). The molecule has 10 nitrogen and oxygen atoms in total. The third kappa shape index (κ3) is 8.71. The molecule has 3 aromatic rings. The van der Waals surface area contributed by atoms with Crippen molar-refractivity contribution in [2.24, 2.45) is 5.92 Å². The van der Waals surface area contributed by atoms with E-state index in [9.17, 15) is 9.59 Å². The van der Waals surface area contributed by atoms with Gasteiger partial charge >= 0.3 is 5.97 Å². The molecule has 1 atom stereocenters. The Hall–Kier alpha value is -4.21. The first-order valence-corrected chi connectivity index (χ1v) is 16.3. The van der Waals surface area contributed by atoms with Crippen LogP contribution in [0.4, 0.5) is 17.5 Å². The first-order valence-electron chi connectivity index (χ1n) is 16.3. The highest BCUT2D eigenvalue weighted by Gasteiger charge is 2.29. The number of anilines is 3. The smallest absolute Gasteiger partial charge is 0.311 e. The number of nitrogens with zero attached hydrogens (tertiary/aromatic N) is 4. The van der Waals surface area contributed by atoms with Crippen molar-refractivity contribution in [2.45, 2.75) is 84.3 Å². The standard InChI is InChI=1S/C35H47N7O3/c1-5-28-32(38-22-27(34(44)45-35(2,3)4)20-30(43)37-21-24-10-7-6-8-11-24)39-23-40-33(28)42-18-15-25(16-19-42)29-14-13-26-12-9-17-36-31(26)41-29/h6-8,10-11,13-14,23,25,27H,5,9,12,15-22H2,1-4H3,(H,36,41)(H,37,43)(H,38,39,40)/t27-/m0/s1. The minimum atomic E-state index is -0.683. The second-order valence-electron chi connectivity index (χ2n) is 13.0. The van der Waals surface area contributed by atoms with Gasteiger partial charge in [-0.2, -0.15) is 0 Å². The van der Waals surface area contributed by atoms with Crippen LogP contribution in [0.5, 0.6) is 0 Å². The normalized spacial score (nSPS) is 15.9. The van der Waals surface area contributed by atoms with Gasteiger partial charge in [0.2, 0.25) is 5.91 Å². The van der Waals surface area contributed by atoms with Gasteiger partial charge in [-0.3, -0.25) is 9.59 Å². The molecule has 0 spiro atoms. The Morgan fingerprint density at radius 2 is 1.87 bits per heavy atom. The largest absolute Gasteiger partial charge is 0.460 e. The summed E-state index contributed by atoms with van der Waals surface area (Å²) in [5.41, 5.74) is 3.83. The number of esters is 1. The number of benzene rings is 1. The zero-order chi connectivity index (χ0) is 31.8. The Labute approximate surface area is 266 Å². The van der Waals surface area contributed by atoms with Gasteiger partial charge in [0.1, 0.15) is 29.4 Å². The first-order chi connectivity index (χ1) is 21.7. The predicted octanol–water partition coefficient (Wildman–Crippen LogP) is 5.25. The maximum Gasteiger partial charge on any atom is 0.311 e. The highest BCUT2D eigenvalue weighted by molar-refractivity contribution is 5.83. The Balaban J connectivity index is 1.23. The average molecular weight is 614 g/mol. The van der Waals surface area contributed by atoms with Crippen molar-refractivity contribution in [1.29, 1.82) is 0 Å². The fourth-order valence-electron chi connectivity index (χ4n) is 6.05. The van der Waals surface area contributed by atoms with Gasteiger partial charge < -0.3 is 25.6 Å². The minimum absolute atomic E-state index is 0.00785. The molecule has 0 aliphatic carbocycles. The van der Waals surface area contributed by atoms with Gasteiger partial charge in [-0.15, -0.1) is 0 Å². The van der Waals surface area contributed by atoms with Gasteiger partial charge in [0.25, 0.3) is 0 Å². The third-order valence-corrected chi connectivity index (χ3v) is 8.42. The first kappa shape index (κ1) is 32.2. The van der Waals surface area contributed by atoms with E-state index in [1.165, 1.54) is 11.3 Å². The Kier molecular flexibility index (Phi) is 10.5. The molecule has 0 radical (unpaired) electrons. The predicted molar refractivity (Wildman–Crippen MR) is 177 cm³/mol. The van der Waals surface area contributed by atoms with Crippen LogP contribution in [0.2, 0.25) is 0 Å². The highest BCUT2D eigenvalue weighted by Crippen LogP contribution is 2.33. The highest BCUT2D eigenvalue weighted by atomic mass is 16.6. The van der Waals surface area contributed by atoms with Crippen LogP contribution in [0.1, 0.15) is 81.7 Å². The Morgan fingerprint density at radius 1 is 1.09 bits per heavy atom. The van der Waals surface area contributed by atoms with E-state index in [4.69, 9.17) is 14.7 Å². The lowest BCUT2D eigenvalue weighted by molar-refractivity contribution is -0.160. The number of hydrogen-bond acceptors (Lipinski definition) is 9. The van der Waals surface area contributed by atoms with E-state index in [-0.39, 0.29) is 18.9 Å². The summed E-state index contributed by atoms with van der Waals surface area (Å²) in [7, 11) is 0. The Bertz CT molecular complexity index is 1450. The van der Waals surface area contributed by atoms with Crippen molar-refractivity contribution in [2.75, 3.05) is 41.7 Å². The molecule has 1 saturated heterocycles. The van der Waals surface area contributed by atoms with Crippen LogP contribution in [0.3, 0.4) is 0 Å². The summed E-state index contributed by atoms with van der Waals surface area (Å²) < 4.78 is 5.70. The lowest BCUT2D eigenvalue weighted by Crippen LogP contribution is -2.36. The van der Waals surface area contributed by atoms with Crippen LogP contribution < -0.4 is 20.9 Å². The van der Waals surface area contributed by atoms with Crippen molar-refractivity contribution >= 4 is 29.3 Å². The molecule has 0 saturated carbocycles. The van der Waals surface area contributed by atoms with E-state index in [0.717, 1.165) is 74.5 Å². The summed E-state index contributed by atoms with van der Waals surface area (Å²) in [4.78, 5) is 42.7. The molecule has 2 aliphatic heterocycles. The maximum absolute atomic E-state index is 13.2. The molecule has 0 bridgehead atoms. The molecule has 1 aromatic carbocycles. The molecule has 0 unspecified atom stereocenters. The number of fused-ring (bicyclic) bond motifs is 1. The number of amides is 1. The van der Waals surface area contributed by atoms with Gasteiger partial charge in [0.05, 0.1) is 5.92 Å². The van der Waals surface area contributed by atoms with Gasteiger partial charge in [-0.1, -0.05) is 43.3 Å². The Morgan fingerprint density at radius 3 is 2.60 bits per heavy atom. The van der Waals surface area contributed by atoms with Gasteiger partial charge in [0, 0.05) is 56.3 Å². The second kappa shape index (κ2) is 14.7. The van der Waals surface area contributed by atoms with E-state index in [0.29, 0.717) is 18.3 Å². The van der Waals surface area contributed by atoms with E-state index < -0.39 is 17.5 Å². The van der Waals surface area contributed by atoms with Crippen molar-refractivity contribution in [3.8, 4) is 0 Å². The second-order valence-corrected chi connectivity index (χ2v) is 13.0. The molecule has 240 valence electrons. The molecular formula is C35H47N7O3. The van der Waals surface area contributed by atoms with Crippen LogP contribution in [-0.2, 0) is 33.7 Å². The number of piperidine rings is 1. The van der Waals surface area contributed by atoms with Gasteiger partial charge in [-0.05, 0) is 70.1 Å². The lowest BCUT2D eigenvalue weighted by Gasteiger charge is -2.34. The number of rotatable bonds is 11. The molecule has 4 heterocycles. The summed E-state index contributed by atoms with van der Waals surface area (Å²) in [6.45, 7) is 11.0. The molecule has 2 aliphatic rings.